The highest BCUT2D eigenvalue weighted by molar-refractivity contribution is 6.02. The lowest BCUT2D eigenvalue weighted by Crippen LogP contribution is -2.34. The van der Waals surface area contributed by atoms with Gasteiger partial charge in [0.05, 0.1) is 7.11 Å². The molecule has 0 bridgehead atoms. The molecule has 2 aromatic carbocycles. The van der Waals surface area contributed by atoms with Gasteiger partial charge in [0.15, 0.2) is 17.6 Å². The summed E-state index contributed by atoms with van der Waals surface area (Å²) in [6, 6.07) is 12.3. The summed E-state index contributed by atoms with van der Waals surface area (Å²) in [4.78, 5) is 35.4. The smallest absolute Gasteiger partial charge is 0.414 e. The first kappa shape index (κ1) is 22.4. The van der Waals surface area contributed by atoms with Crippen molar-refractivity contribution in [2.24, 2.45) is 0 Å². The third-order valence-corrected chi connectivity index (χ3v) is 4.02. The molecule has 0 saturated heterocycles. The molecule has 9 nitrogen and oxygen atoms in total. The Balaban J connectivity index is 2.28. The minimum Gasteiger partial charge on any atom is -0.504 e. The minimum absolute atomic E-state index is 0.191. The molecule has 0 aromatic heterocycles. The third kappa shape index (κ3) is 6.08. The lowest BCUT2D eigenvalue weighted by molar-refractivity contribution is -0.131. The Kier molecular flexibility index (Phi) is 7.95. The molecule has 0 aliphatic heterocycles. The number of benzene rings is 2. The molecule has 0 aliphatic carbocycles. The molecular weight excluding hydrogens is 394 g/mol. The van der Waals surface area contributed by atoms with Crippen LogP contribution in [-0.2, 0) is 14.3 Å². The van der Waals surface area contributed by atoms with E-state index in [4.69, 9.17) is 19.3 Å². The van der Waals surface area contributed by atoms with Gasteiger partial charge in [-0.3, -0.25) is 10.1 Å². The molecule has 158 valence electrons. The second kappa shape index (κ2) is 10.6. The van der Waals surface area contributed by atoms with E-state index < -0.39 is 30.2 Å². The number of rotatable bonds is 8. The number of amides is 2. The van der Waals surface area contributed by atoms with Crippen molar-refractivity contribution in [2.75, 3.05) is 14.2 Å². The van der Waals surface area contributed by atoms with Crippen LogP contribution in [0.3, 0.4) is 0 Å². The Morgan fingerprint density at radius 1 is 1.07 bits per heavy atom. The number of carboxylic acids is 1. The Labute approximate surface area is 172 Å². The second-order valence-electron chi connectivity index (χ2n) is 5.98. The summed E-state index contributed by atoms with van der Waals surface area (Å²) in [5, 5.41) is 21.0. The zero-order valence-electron chi connectivity index (χ0n) is 16.3. The largest absolute Gasteiger partial charge is 0.504 e. The van der Waals surface area contributed by atoms with Gasteiger partial charge in [-0.2, -0.15) is 0 Å². The molecule has 0 unspecified atom stereocenters. The Morgan fingerprint density at radius 2 is 1.77 bits per heavy atom. The fourth-order valence-electron chi connectivity index (χ4n) is 2.59. The van der Waals surface area contributed by atoms with Crippen molar-refractivity contribution < 1.29 is 38.8 Å². The number of alkyl carbamates (subject to hydrolysis) is 1. The van der Waals surface area contributed by atoms with Gasteiger partial charge in [0.1, 0.15) is 6.10 Å². The number of aliphatic carboxylic acids is 1. The SMILES string of the molecule is COc1ccc([C@H](OC(=O)NC(=O)c2ccccc2)[C@H](/C=C/C(=O)O)OC)cc1O. The maximum Gasteiger partial charge on any atom is 0.414 e. The number of hydrogen-bond donors (Lipinski definition) is 3. The highest BCUT2D eigenvalue weighted by Gasteiger charge is 2.27. The van der Waals surface area contributed by atoms with Gasteiger partial charge in [-0.15, -0.1) is 0 Å². The summed E-state index contributed by atoms with van der Waals surface area (Å²) in [6.45, 7) is 0. The third-order valence-electron chi connectivity index (χ3n) is 4.02. The summed E-state index contributed by atoms with van der Waals surface area (Å²) in [6.07, 6.45) is -1.26. The van der Waals surface area contributed by atoms with Crippen LogP contribution in [-0.4, -0.2) is 48.5 Å². The number of carbonyl (C=O) groups is 3. The number of methoxy groups -OCH3 is 2. The first-order valence-electron chi connectivity index (χ1n) is 8.73. The normalized spacial score (nSPS) is 12.7. The van der Waals surface area contributed by atoms with Crippen LogP contribution in [0.2, 0.25) is 0 Å². The standard InChI is InChI=1S/C21H21NO8/c1-28-16-9-8-14(12-15(16)23)19(17(29-2)10-11-18(24)25)30-21(27)22-20(26)13-6-4-3-5-7-13/h3-12,17,19,23H,1-2H3,(H,24,25)(H,22,26,27)/b11-10+/t17-,19-/m0/s1. The number of phenolic OH excluding ortho intramolecular Hbond substituents is 1. The van der Waals surface area contributed by atoms with E-state index in [0.29, 0.717) is 0 Å². The van der Waals surface area contributed by atoms with Gasteiger partial charge in [0, 0.05) is 18.7 Å². The summed E-state index contributed by atoms with van der Waals surface area (Å²) in [7, 11) is 2.67. The van der Waals surface area contributed by atoms with Crippen LogP contribution < -0.4 is 10.1 Å². The van der Waals surface area contributed by atoms with Crippen LogP contribution in [0.25, 0.3) is 0 Å². The van der Waals surface area contributed by atoms with Crippen LogP contribution >= 0.6 is 0 Å². The van der Waals surface area contributed by atoms with E-state index in [2.05, 4.69) is 5.32 Å². The molecule has 30 heavy (non-hydrogen) atoms. The monoisotopic (exact) mass is 415 g/mol. The lowest BCUT2D eigenvalue weighted by atomic mass is 10.0. The first-order chi connectivity index (χ1) is 14.3. The molecule has 9 heteroatoms. The number of hydrogen-bond acceptors (Lipinski definition) is 7. The molecule has 2 aromatic rings. The van der Waals surface area contributed by atoms with Crippen LogP contribution in [0.5, 0.6) is 11.5 Å². The maximum absolute atomic E-state index is 12.3. The van der Waals surface area contributed by atoms with Crippen molar-refractivity contribution in [3.05, 3.63) is 71.8 Å². The summed E-state index contributed by atoms with van der Waals surface area (Å²) >= 11 is 0. The van der Waals surface area contributed by atoms with Crippen molar-refractivity contribution in [3.63, 3.8) is 0 Å². The number of carbonyl (C=O) groups excluding carboxylic acids is 2. The average Bonchev–Trinajstić information content (AvgIpc) is 2.73. The molecule has 0 spiro atoms. The van der Waals surface area contributed by atoms with Crippen LogP contribution in [0, 0.1) is 0 Å². The average molecular weight is 415 g/mol. The van der Waals surface area contributed by atoms with Gasteiger partial charge in [0.2, 0.25) is 0 Å². The van der Waals surface area contributed by atoms with E-state index in [0.717, 1.165) is 6.08 Å². The van der Waals surface area contributed by atoms with Crippen LogP contribution in [0.15, 0.2) is 60.7 Å². The highest BCUT2D eigenvalue weighted by Crippen LogP contribution is 2.32. The van der Waals surface area contributed by atoms with Crippen molar-refractivity contribution in [1.29, 1.82) is 0 Å². The summed E-state index contributed by atoms with van der Waals surface area (Å²) in [5.74, 6) is -1.93. The van der Waals surface area contributed by atoms with Gasteiger partial charge >= 0.3 is 12.1 Å². The minimum atomic E-state index is -1.22. The van der Waals surface area contributed by atoms with E-state index >= 15 is 0 Å². The molecule has 2 amide bonds. The number of phenols is 1. The molecule has 0 fully saturated rings. The van der Waals surface area contributed by atoms with Gasteiger partial charge in [-0.25, -0.2) is 9.59 Å². The molecule has 2 rings (SSSR count). The molecule has 0 saturated carbocycles. The van der Waals surface area contributed by atoms with E-state index in [1.165, 1.54) is 50.6 Å². The number of imide groups is 1. The van der Waals surface area contributed by atoms with Gasteiger partial charge in [-0.05, 0) is 35.9 Å². The van der Waals surface area contributed by atoms with Gasteiger partial charge in [0.25, 0.3) is 5.91 Å². The quantitative estimate of drug-likeness (QED) is 0.561. The van der Waals surface area contributed by atoms with E-state index in [-0.39, 0.29) is 22.6 Å². The van der Waals surface area contributed by atoms with E-state index in [1.54, 1.807) is 18.2 Å². The fraction of sp³-hybridized carbons (Fsp3) is 0.190. The number of carboxylic acid groups (broad SMARTS) is 1. The summed E-state index contributed by atoms with van der Waals surface area (Å²) in [5.41, 5.74) is 0.541. The van der Waals surface area contributed by atoms with Crippen molar-refractivity contribution in [2.45, 2.75) is 12.2 Å². The van der Waals surface area contributed by atoms with Gasteiger partial charge in [-0.1, -0.05) is 24.3 Å². The lowest BCUT2D eigenvalue weighted by Gasteiger charge is -2.24. The summed E-state index contributed by atoms with van der Waals surface area (Å²) < 4.78 is 15.6. The molecule has 0 aliphatic rings. The predicted octanol–water partition coefficient (Wildman–Crippen LogP) is 2.66. The second-order valence-corrected chi connectivity index (χ2v) is 5.98. The van der Waals surface area contributed by atoms with Gasteiger partial charge < -0.3 is 24.4 Å². The molecule has 0 heterocycles. The first-order valence-corrected chi connectivity index (χ1v) is 8.73. The van der Waals surface area contributed by atoms with Crippen molar-refractivity contribution in [1.82, 2.24) is 5.32 Å². The predicted molar refractivity (Wildman–Crippen MR) is 105 cm³/mol. The number of nitrogens with one attached hydrogen (secondary N) is 1. The van der Waals surface area contributed by atoms with Crippen LogP contribution in [0.4, 0.5) is 4.79 Å². The van der Waals surface area contributed by atoms with E-state index in [1.807, 2.05) is 0 Å². The molecule has 2 atom stereocenters. The van der Waals surface area contributed by atoms with E-state index in [9.17, 15) is 19.5 Å². The zero-order valence-corrected chi connectivity index (χ0v) is 16.3. The topological polar surface area (TPSA) is 131 Å². The highest BCUT2D eigenvalue weighted by atomic mass is 16.6. The zero-order chi connectivity index (χ0) is 22.1. The van der Waals surface area contributed by atoms with Crippen LogP contribution in [0.1, 0.15) is 22.0 Å². The molecular formula is C21H21NO8. The number of aromatic hydroxyl groups is 1. The molecule has 0 radical (unpaired) electrons. The Morgan fingerprint density at radius 3 is 2.33 bits per heavy atom. The number of ether oxygens (including phenoxy) is 3. The molecule has 3 N–H and O–H groups in total. The Bertz CT molecular complexity index is 926. The van der Waals surface area contributed by atoms with Crippen molar-refractivity contribution >= 4 is 18.0 Å². The Hall–Kier alpha value is -3.85. The maximum atomic E-state index is 12.3. The fourth-order valence-corrected chi connectivity index (χ4v) is 2.59. The van der Waals surface area contributed by atoms with Crippen molar-refractivity contribution in [3.8, 4) is 11.5 Å².